The van der Waals surface area contributed by atoms with E-state index in [0.717, 1.165) is 10.2 Å². The standard InChI is InChI=1S/C11H10BrN3O2/c1-7-2-3-9(17-7)6-15-11(16)10-13-4-8(12)5-14-10/h2-5H,6H2,1H3,(H,15,16). The minimum Gasteiger partial charge on any atom is -0.465 e. The second-order valence-corrected chi connectivity index (χ2v) is 4.34. The quantitative estimate of drug-likeness (QED) is 0.941. The summed E-state index contributed by atoms with van der Waals surface area (Å²) in [4.78, 5) is 19.4. The Kier molecular flexibility index (Phi) is 3.53. The summed E-state index contributed by atoms with van der Waals surface area (Å²) in [5.74, 6) is 1.32. The molecule has 0 spiro atoms. The van der Waals surface area contributed by atoms with Crippen molar-refractivity contribution in [2.75, 3.05) is 0 Å². The number of furan rings is 1. The monoisotopic (exact) mass is 295 g/mol. The van der Waals surface area contributed by atoms with Crippen LogP contribution < -0.4 is 5.32 Å². The van der Waals surface area contributed by atoms with Crippen LogP contribution >= 0.6 is 15.9 Å². The van der Waals surface area contributed by atoms with Crippen LogP contribution in [-0.4, -0.2) is 15.9 Å². The normalized spacial score (nSPS) is 10.2. The number of carbonyl (C=O) groups excluding carboxylic acids is 1. The number of carbonyl (C=O) groups is 1. The first kappa shape index (κ1) is 11.8. The van der Waals surface area contributed by atoms with E-state index in [1.807, 2.05) is 19.1 Å². The highest BCUT2D eigenvalue weighted by Gasteiger charge is 2.09. The van der Waals surface area contributed by atoms with Gasteiger partial charge in [0.1, 0.15) is 11.5 Å². The molecule has 0 bridgehead atoms. The van der Waals surface area contributed by atoms with Crippen molar-refractivity contribution in [3.63, 3.8) is 0 Å². The summed E-state index contributed by atoms with van der Waals surface area (Å²) >= 11 is 3.20. The molecule has 88 valence electrons. The zero-order valence-electron chi connectivity index (χ0n) is 9.11. The molecular weight excluding hydrogens is 286 g/mol. The molecule has 17 heavy (non-hydrogen) atoms. The molecule has 0 unspecified atom stereocenters. The molecule has 2 rings (SSSR count). The molecule has 2 aromatic rings. The maximum atomic E-state index is 11.6. The number of amides is 1. The Balaban J connectivity index is 1.95. The number of nitrogens with zero attached hydrogens (tertiary/aromatic N) is 2. The third kappa shape index (κ3) is 3.13. The van der Waals surface area contributed by atoms with Gasteiger partial charge in [0.25, 0.3) is 5.91 Å². The van der Waals surface area contributed by atoms with E-state index in [0.29, 0.717) is 12.3 Å². The van der Waals surface area contributed by atoms with Gasteiger partial charge in [-0.1, -0.05) is 0 Å². The average molecular weight is 296 g/mol. The molecule has 6 heteroatoms. The fourth-order valence-electron chi connectivity index (χ4n) is 1.26. The Morgan fingerprint density at radius 1 is 1.41 bits per heavy atom. The molecule has 2 aromatic heterocycles. The first-order valence-corrected chi connectivity index (χ1v) is 5.75. The fraction of sp³-hybridized carbons (Fsp3) is 0.182. The molecule has 0 radical (unpaired) electrons. The molecule has 5 nitrogen and oxygen atoms in total. The summed E-state index contributed by atoms with van der Waals surface area (Å²) in [6.07, 6.45) is 3.05. The van der Waals surface area contributed by atoms with Crippen molar-refractivity contribution in [2.24, 2.45) is 0 Å². The van der Waals surface area contributed by atoms with Crippen molar-refractivity contribution in [1.82, 2.24) is 15.3 Å². The van der Waals surface area contributed by atoms with Crippen molar-refractivity contribution < 1.29 is 9.21 Å². The molecule has 0 fully saturated rings. The smallest absolute Gasteiger partial charge is 0.289 e. The number of nitrogens with one attached hydrogen (secondary N) is 1. The van der Waals surface area contributed by atoms with Crippen LogP contribution in [0.2, 0.25) is 0 Å². The zero-order chi connectivity index (χ0) is 12.3. The molecule has 1 N–H and O–H groups in total. The van der Waals surface area contributed by atoms with Gasteiger partial charge in [-0.25, -0.2) is 9.97 Å². The van der Waals surface area contributed by atoms with E-state index in [2.05, 4.69) is 31.2 Å². The summed E-state index contributed by atoms with van der Waals surface area (Å²) in [5.41, 5.74) is 0. The Hall–Kier alpha value is -1.69. The molecule has 2 heterocycles. The van der Waals surface area contributed by atoms with Gasteiger partial charge < -0.3 is 9.73 Å². The first-order valence-electron chi connectivity index (χ1n) is 4.96. The van der Waals surface area contributed by atoms with Gasteiger partial charge in [-0.2, -0.15) is 0 Å². The molecule has 0 atom stereocenters. The van der Waals surface area contributed by atoms with E-state index in [4.69, 9.17) is 4.42 Å². The van der Waals surface area contributed by atoms with Gasteiger partial charge in [0.2, 0.25) is 5.82 Å². The fourth-order valence-corrected chi connectivity index (χ4v) is 1.46. The lowest BCUT2D eigenvalue weighted by Gasteiger charge is -2.01. The molecule has 0 aliphatic carbocycles. The highest BCUT2D eigenvalue weighted by Crippen LogP contribution is 2.06. The lowest BCUT2D eigenvalue weighted by molar-refractivity contribution is 0.0937. The highest BCUT2D eigenvalue weighted by molar-refractivity contribution is 9.10. The first-order chi connectivity index (χ1) is 8.15. The largest absolute Gasteiger partial charge is 0.465 e. The predicted octanol–water partition coefficient (Wildman–Crippen LogP) is 2.07. The van der Waals surface area contributed by atoms with Crippen LogP contribution in [0.5, 0.6) is 0 Å². The van der Waals surface area contributed by atoms with E-state index < -0.39 is 0 Å². The van der Waals surface area contributed by atoms with E-state index in [1.54, 1.807) is 0 Å². The number of hydrogen-bond donors (Lipinski definition) is 1. The zero-order valence-corrected chi connectivity index (χ0v) is 10.7. The van der Waals surface area contributed by atoms with Crippen molar-refractivity contribution in [1.29, 1.82) is 0 Å². The number of aryl methyl sites for hydroxylation is 1. The van der Waals surface area contributed by atoms with Crippen molar-refractivity contribution in [2.45, 2.75) is 13.5 Å². The molecule has 0 saturated carbocycles. The third-order valence-electron chi connectivity index (χ3n) is 2.04. The number of rotatable bonds is 3. The molecule has 0 saturated heterocycles. The SMILES string of the molecule is Cc1ccc(CNC(=O)c2ncc(Br)cn2)o1. The Bertz CT molecular complexity index is 522. The maximum Gasteiger partial charge on any atom is 0.289 e. The number of aromatic nitrogens is 2. The van der Waals surface area contributed by atoms with E-state index in [-0.39, 0.29) is 11.7 Å². The van der Waals surface area contributed by atoms with E-state index in [1.165, 1.54) is 12.4 Å². The van der Waals surface area contributed by atoms with Gasteiger partial charge in [0, 0.05) is 12.4 Å². The lowest BCUT2D eigenvalue weighted by Crippen LogP contribution is -2.24. The van der Waals surface area contributed by atoms with Gasteiger partial charge in [-0.15, -0.1) is 0 Å². The van der Waals surface area contributed by atoms with E-state index >= 15 is 0 Å². The van der Waals surface area contributed by atoms with E-state index in [9.17, 15) is 4.79 Å². The number of hydrogen-bond acceptors (Lipinski definition) is 4. The summed E-state index contributed by atoms with van der Waals surface area (Å²) in [6, 6.07) is 3.66. The van der Waals surface area contributed by atoms with Crippen molar-refractivity contribution >= 4 is 21.8 Å². The van der Waals surface area contributed by atoms with Gasteiger partial charge >= 0.3 is 0 Å². The van der Waals surface area contributed by atoms with Crippen molar-refractivity contribution in [3.8, 4) is 0 Å². The average Bonchev–Trinajstić information content (AvgIpc) is 2.73. The molecule has 0 aliphatic rings. The van der Waals surface area contributed by atoms with Crippen molar-refractivity contribution in [3.05, 3.63) is 46.3 Å². The summed E-state index contributed by atoms with van der Waals surface area (Å²) in [6.45, 7) is 2.18. The minimum absolute atomic E-state index is 0.136. The Labute approximate surface area is 106 Å². The lowest BCUT2D eigenvalue weighted by atomic mass is 10.4. The molecule has 1 amide bonds. The van der Waals surface area contributed by atoms with Crippen LogP contribution in [-0.2, 0) is 6.54 Å². The van der Waals surface area contributed by atoms with Crippen LogP contribution in [0, 0.1) is 6.92 Å². The van der Waals surface area contributed by atoms with Gasteiger partial charge in [-0.3, -0.25) is 4.79 Å². The maximum absolute atomic E-state index is 11.6. The Morgan fingerprint density at radius 3 is 2.71 bits per heavy atom. The predicted molar refractivity (Wildman–Crippen MR) is 64.3 cm³/mol. The second kappa shape index (κ2) is 5.09. The molecular formula is C11H10BrN3O2. The molecule has 0 aliphatic heterocycles. The summed E-state index contributed by atoms with van der Waals surface area (Å²) in [7, 11) is 0. The minimum atomic E-state index is -0.327. The number of halogens is 1. The van der Waals surface area contributed by atoms with Crippen LogP contribution in [0.1, 0.15) is 22.1 Å². The van der Waals surface area contributed by atoms with Gasteiger partial charge in [0.05, 0.1) is 11.0 Å². The Morgan fingerprint density at radius 2 is 2.12 bits per heavy atom. The second-order valence-electron chi connectivity index (χ2n) is 3.42. The summed E-state index contributed by atoms with van der Waals surface area (Å²) < 4.78 is 6.06. The van der Waals surface area contributed by atoms with Crippen LogP contribution in [0.3, 0.4) is 0 Å². The van der Waals surface area contributed by atoms with Crippen LogP contribution in [0.25, 0.3) is 0 Å². The highest BCUT2D eigenvalue weighted by atomic mass is 79.9. The van der Waals surface area contributed by atoms with Crippen LogP contribution in [0.4, 0.5) is 0 Å². The third-order valence-corrected chi connectivity index (χ3v) is 2.45. The van der Waals surface area contributed by atoms with Gasteiger partial charge in [0.15, 0.2) is 0 Å². The summed E-state index contributed by atoms with van der Waals surface area (Å²) in [5, 5.41) is 2.68. The van der Waals surface area contributed by atoms with Gasteiger partial charge in [-0.05, 0) is 35.0 Å². The van der Waals surface area contributed by atoms with Crippen LogP contribution in [0.15, 0.2) is 33.4 Å². The molecule has 0 aromatic carbocycles. The topological polar surface area (TPSA) is 68.0 Å².